The highest BCUT2D eigenvalue weighted by atomic mass is 16.8. The number of carbonyl (C=O) groups excluding carboxylic acids is 2. The van der Waals surface area contributed by atoms with E-state index in [1.807, 2.05) is 6.92 Å². The summed E-state index contributed by atoms with van der Waals surface area (Å²) in [6.07, 6.45) is -3.85. The Labute approximate surface area is 158 Å². The minimum Gasteiger partial charge on any atom is -0.394 e. The van der Waals surface area contributed by atoms with E-state index in [0.717, 1.165) is 0 Å². The van der Waals surface area contributed by atoms with E-state index in [9.17, 15) is 14.7 Å². The second-order valence-electron chi connectivity index (χ2n) is 7.02. The maximum atomic E-state index is 12.2. The lowest BCUT2D eigenvalue weighted by atomic mass is 10.0. The van der Waals surface area contributed by atoms with Gasteiger partial charge in [-0.05, 0) is 13.8 Å². The molecule has 0 aromatic rings. The van der Waals surface area contributed by atoms with Crippen LogP contribution >= 0.6 is 0 Å². The molecule has 7 atom stereocenters. The van der Waals surface area contributed by atoms with E-state index in [1.54, 1.807) is 21.0 Å². The average Bonchev–Trinajstić information content (AvgIpc) is 3.17. The Kier molecular flexibility index (Phi) is 6.34. The number of ether oxygens (including phenoxy) is 5. The lowest BCUT2D eigenvalue weighted by Gasteiger charge is -2.37. The van der Waals surface area contributed by atoms with Crippen LogP contribution in [0.25, 0.3) is 0 Å². The molecule has 0 spiro atoms. The van der Waals surface area contributed by atoms with Crippen LogP contribution in [-0.4, -0.2) is 104 Å². The van der Waals surface area contributed by atoms with Gasteiger partial charge in [0.1, 0.15) is 30.8 Å². The number of likely N-dealkylation sites (N-methyl/N-ethyl adjacent to an activating group) is 1. The van der Waals surface area contributed by atoms with Gasteiger partial charge in [0, 0.05) is 20.6 Å². The molecular weight excluding hydrogens is 360 g/mol. The molecule has 3 heterocycles. The molecule has 10 nitrogen and oxygen atoms in total. The largest absolute Gasteiger partial charge is 0.394 e. The zero-order chi connectivity index (χ0) is 19.7. The third-order valence-electron chi connectivity index (χ3n) is 5.11. The Morgan fingerprint density at radius 1 is 0.926 bits per heavy atom. The van der Waals surface area contributed by atoms with Gasteiger partial charge in [-0.2, -0.15) is 0 Å². The Morgan fingerprint density at radius 3 is 2.30 bits per heavy atom. The topological polar surface area (TPSA) is 107 Å². The molecule has 7 unspecified atom stereocenters. The second-order valence-corrected chi connectivity index (χ2v) is 7.02. The van der Waals surface area contributed by atoms with E-state index in [0.29, 0.717) is 6.54 Å². The molecular formula is C17H28N2O8. The Bertz CT molecular complexity index is 561. The van der Waals surface area contributed by atoms with Crippen LogP contribution in [0.1, 0.15) is 20.3 Å². The highest BCUT2D eigenvalue weighted by Gasteiger charge is 2.57. The maximum Gasteiger partial charge on any atom is 0.231 e. The van der Waals surface area contributed by atoms with Crippen molar-refractivity contribution >= 4 is 11.8 Å². The van der Waals surface area contributed by atoms with E-state index < -0.39 is 43.3 Å². The molecule has 0 aliphatic carbocycles. The molecule has 27 heavy (non-hydrogen) atoms. The summed E-state index contributed by atoms with van der Waals surface area (Å²) in [6, 6.07) is 0. The molecule has 0 saturated carbocycles. The number of aliphatic hydroxyl groups excluding tert-OH is 1. The summed E-state index contributed by atoms with van der Waals surface area (Å²) in [5.41, 5.74) is 0. The average molecular weight is 388 g/mol. The molecule has 3 aliphatic rings. The molecule has 3 rings (SSSR count). The fourth-order valence-electron chi connectivity index (χ4n) is 3.42. The van der Waals surface area contributed by atoms with Crippen LogP contribution in [0.5, 0.6) is 0 Å². The maximum absolute atomic E-state index is 12.2. The minimum atomic E-state index is -0.678. The van der Waals surface area contributed by atoms with Gasteiger partial charge < -0.3 is 38.6 Å². The Balaban J connectivity index is 1.52. The van der Waals surface area contributed by atoms with Gasteiger partial charge in [0.25, 0.3) is 0 Å². The van der Waals surface area contributed by atoms with Crippen molar-refractivity contribution in [1.29, 1.82) is 0 Å². The molecule has 3 fully saturated rings. The normalized spacial score (nSPS) is 37.6. The van der Waals surface area contributed by atoms with Gasteiger partial charge in [0.2, 0.25) is 11.8 Å². The predicted molar refractivity (Wildman–Crippen MR) is 90.3 cm³/mol. The van der Waals surface area contributed by atoms with E-state index in [2.05, 4.69) is 0 Å². The van der Waals surface area contributed by atoms with Gasteiger partial charge in [-0.25, -0.2) is 0 Å². The monoisotopic (exact) mass is 388 g/mol. The van der Waals surface area contributed by atoms with Crippen molar-refractivity contribution in [1.82, 2.24) is 9.80 Å². The van der Waals surface area contributed by atoms with E-state index in [4.69, 9.17) is 23.7 Å². The van der Waals surface area contributed by atoms with E-state index in [1.165, 1.54) is 9.80 Å². The van der Waals surface area contributed by atoms with Crippen LogP contribution in [0, 0.1) is 0 Å². The molecule has 0 bridgehead atoms. The van der Waals surface area contributed by atoms with Crippen molar-refractivity contribution < 1.29 is 38.4 Å². The second kappa shape index (κ2) is 8.38. The van der Waals surface area contributed by atoms with Gasteiger partial charge in [0.15, 0.2) is 18.9 Å². The third kappa shape index (κ3) is 4.25. The van der Waals surface area contributed by atoms with Crippen molar-refractivity contribution in [3.05, 3.63) is 0 Å². The zero-order valence-corrected chi connectivity index (χ0v) is 16.1. The van der Waals surface area contributed by atoms with Crippen LogP contribution in [0.4, 0.5) is 0 Å². The third-order valence-corrected chi connectivity index (χ3v) is 5.11. The quantitative estimate of drug-likeness (QED) is 0.572. The number of nitrogens with zero attached hydrogens (tertiary/aromatic N) is 2. The summed E-state index contributed by atoms with van der Waals surface area (Å²) in [7, 11) is 3.25. The highest BCUT2D eigenvalue weighted by molar-refractivity contribution is 5.96. The SMILES string of the molecule is CCN(C)C(=O)CC(=O)N(C)CC1OC2OC3C(CO)OC(C)OC3C2O1. The van der Waals surface area contributed by atoms with Crippen LogP contribution in [0.3, 0.4) is 0 Å². The number of hydrogen-bond acceptors (Lipinski definition) is 8. The number of aliphatic hydroxyl groups is 1. The predicted octanol–water partition coefficient (Wildman–Crippen LogP) is -1.10. The first-order valence-electron chi connectivity index (χ1n) is 9.20. The van der Waals surface area contributed by atoms with Crippen molar-refractivity contribution in [2.75, 3.05) is 33.8 Å². The molecule has 0 aromatic heterocycles. The Morgan fingerprint density at radius 2 is 1.63 bits per heavy atom. The summed E-state index contributed by atoms with van der Waals surface area (Å²) in [5.74, 6) is -0.537. The lowest BCUT2D eigenvalue weighted by molar-refractivity contribution is -0.295. The molecule has 0 radical (unpaired) electrons. The molecule has 3 saturated heterocycles. The minimum absolute atomic E-state index is 0.172. The van der Waals surface area contributed by atoms with E-state index in [-0.39, 0.29) is 31.4 Å². The van der Waals surface area contributed by atoms with Crippen molar-refractivity contribution in [2.45, 2.75) is 63.6 Å². The molecule has 10 heteroatoms. The molecule has 2 amide bonds. The smallest absolute Gasteiger partial charge is 0.231 e. The fourth-order valence-corrected chi connectivity index (χ4v) is 3.42. The first-order chi connectivity index (χ1) is 12.8. The van der Waals surface area contributed by atoms with Crippen LogP contribution in [-0.2, 0) is 33.3 Å². The summed E-state index contributed by atoms with van der Waals surface area (Å²) >= 11 is 0. The van der Waals surface area contributed by atoms with Crippen LogP contribution in [0.2, 0.25) is 0 Å². The first-order valence-corrected chi connectivity index (χ1v) is 9.20. The van der Waals surface area contributed by atoms with Crippen LogP contribution < -0.4 is 0 Å². The number of amides is 2. The molecule has 154 valence electrons. The first kappa shape index (κ1) is 20.4. The summed E-state index contributed by atoms with van der Waals surface area (Å²) in [5, 5.41) is 9.46. The summed E-state index contributed by atoms with van der Waals surface area (Å²) < 4.78 is 28.7. The van der Waals surface area contributed by atoms with E-state index >= 15 is 0 Å². The zero-order valence-electron chi connectivity index (χ0n) is 16.1. The molecule has 1 N–H and O–H groups in total. The summed E-state index contributed by atoms with van der Waals surface area (Å²) in [6.45, 7) is 4.13. The number of fused-ring (bicyclic) bond motifs is 3. The summed E-state index contributed by atoms with van der Waals surface area (Å²) in [4.78, 5) is 27.0. The molecule has 0 aromatic carbocycles. The Hall–Kier alpha value is -1.30. The van der Waals surface area contributed by atoms with Gasteiger partial charge in [0.05, 0.1) is 13.2 Å². The number of hydrogen-bond donors (Lipinski definition) is 1. The van der Waals surface area contributed by atoms with Gasteiger partial charge in [-0.15, -0.1) is 0 Å². The van der Waals surface area contributed by atoms with Crippen molar-refractivity contribution in [3.8, 4) is 0 Å². The fraction of sp³-hybridized carbons (Fsp3) is 0.882. The van der Waals surface area contributed by atoms with Crippen molar-refractivity contribution in [3.63, 3.8) is 0 Å². The van der Waals surface area contributed by atoms with Gasteiger partial charge in [-0.3, -0.25) is 9.59 Å². The lowest BCUT2D eigenvalue weighted by Crippen LogP contribution is -2.52. The molecule has 3 aliphatic heterocycles. The van der Waals surface area contributed by atoms with Gasteiger partial charge >= 0.3 is 0 Å². The number of carbonyl (C=O) groups is 2. The standard InChI is InChI=1S/C17H28N2O8/c1-5-18(3)11(21)6-12(22)19(4)7-13-25-16-15-14(27-17(16)26-13)10(8-20)23-9(2)24-15/h9-10,13-17,20H,5-8H2,1-4H3. The highest BCUT2D eigenvalue weighted by Crippen LogP contribution is 2.39. The van der Waals surface area contributed by atoms with Crippen molar-refractivity contribution in [2.24, 2.45) is 0 Å². The van der Waals surface area contributed by atoms with Gasteiger partial charge in [-0.1, -0.05) is 0 Å². The van der Waals surface area contributed by atoms with Crippen LogP contribution in [0.15, 0.2) is 0 Å². The number of rotatable bonds is 6.